The number of carboxylic acids is 2. The summed E-state index contributed by atoms with van der Waals surface area (Å²) in [5.74, 6) is -4.03. The van der Waals surface area contributed by atoms with E-state index in [1.807, 2.05) is 6.26 Å². The van der Waals surface area contributed by atoms with Crippen molar-refractivity contribution in [2.24, 2.45) is 5.73 Å². The lowest BCUT2D eigenvalue weighted by atomic mass is 10.1. The molecule has 32 heavy (non-hydrogen) atoms. The first-order valence-electron chi connectivity index (χ1n) is 9.67. The van der Waals surface area contributed by atoms with Gasteiger partial charge in [-0.25, -0.2) is 4.98 Å². The molecule has 0 bridgehead atoms. The lowest BCUT2D eigenvalue weighted by Gasteiger charge is -2.23. The summed E-state index contributed by atoms with van der Waals surface area (Å²) >= 11 is 1.52. The number of imidazole rings is 1. The van der Waals surface area contributed by atoms with Gasteiger partial charge in [0.05, 0.1) is 12.4 Å². The van der Waals surface area contributed by atoms with Gasteiger partial charge in [0.15, 0.2) is 0 Å². The van der Waals surface area contributed by atoms with Crippen LogP contribution >= 0.6 is 11.8 Å². The van der Waals surface area contributed by atoms with Crippen molar-refractivity contribution >= 4 is 41.4 Å². The molecule has 0 fully saturated rings. The maximum atomic E-state index is 12.9. The van der Waals surface area contributed by atoms with E-state index in [-0.39, 0.29) is 12.8 Å². The Bertz CT molecular complexity index is 789. The lowest BCUT2D eigenvalue weighted by Crippen LogP contribution is -2.56. The summed E-state index contributed by atoms with van der Waals surface area (Å²) in [5, 5.41) is 24.7. The van der Waals surface area contributed by atoms with E-state index in [0.717, 1.165) is 0 Å². The molecule has 178 valence electrons. The largest absolute Gasteiger partial charge is 0.481 e. The topological polar surface area (TPSA) is 217 Å². The van der Waals surface area contributed by atoms with Gasteiger partial charge in [-0.05, 0) is 24.9 Å². The van der Waals surface area contributed by atoms with Gasteiger partial charge in [0.25, 0.3) is 0 Å². The van der Waals surface area contributed by atoms with Gasteiger partial charge in [0.1, 0.15) is 18.6 Å². The Balaban J connectivity index is 2.94. The fourth-order valence-electron chi connectivity index (χ4n) is 2.58. The van der Waals surface area contributed by atoms with Crippen molar-refractivity contribution in [2.75, 3.05) is 18.6 Å². The first kappa shape index (κ1) is 26.9. The van der Waals surface area contributed by atoms with E-state index < -0.39 is 60.8 Å². The van der Waals surface area contributed by atoms with Crippen LogP contribution in [0.4, 0.5) is 0 Å². The van der Waals surface area contributed by atoms with E-state index in [1.165, 1.54) is 24.3 Å². The van der Waals surface area contributed by atoms with E-state index in [0.29, 0.717) is 17.9 Å². The minimum atomic E-state index is -1.32. The smallest absolute Gasteiger partial charge is 0.322 e. The van der Waals surface area contributed by atoms with Crippen LogP contribution in [0.15, 0.2) is 12.5 Å². The minimum absolute atomic E-state index is 0.00914. The predicted octanol–water partition coefficient (Wildman–Crippen LogP) is -1.93. The van der Waals surface area contributed by atoms with Crippen LogP contribution in [0, 0.1) is 0 Å². The standard InChI is InChI=1S/C18H28N6O7S/c1-32-5-4-11(19)16(29)24-13(6-10-7-20-9-22-10)18(31)23-12(2-3-14(25)26)17(30)21-8-15(27)28/h7,9,11-13H,2-6,8,19H2,1H3,(H,20,22)(H,21,30)(H,23,31)(H,24,29)(H,25,26)(H,27,28). The van der Waals surface area contributed by atoms with Gasteiger partial charge in [0.2, 0.25) is 17.7 Å². The Kier molecular flexibility index (Phi) is 11.8. The maximum Gasteiger partial charge on any atom is 0.322 e. The molecule has 0 aliphatic heterocycles. The van der Waals surface area contributed by atoms with Crippen molar-refractivity contribution in [3.05, 3.63) is 18.2 Å². The fourth-order valence-corrected chi connectivity index (χ4v) is 3.06. The van der Waals surface area contributed by atoms with Crippen molar-refractivity contribution in [2.45, 2.75) is 43.8 Å². The molecule has 0 aliphatic rings. The SMILES string of the molecule is CSCCC(N)C(=O)NC(Cc1cnc[nH]1)C(=O)NC(CCC(=O)O)C(=O)NCC(=O)O. The number of hydrogen-bond acceptors (Lipinski definition) is 8. The third kappa shape index (κ3) is 10.3. The highest BCUT2D eigenvalue weighted by Crippen LogP contribution is 2.05. The maximum absolute atomic E-state index is 12.9. The van der Waals surface area contributed by atoms with Gasteiger partial charge in [0, 0.05) is 24.7 Å². The van der Waals surface area contributed by atoms with Crippen LogP contribution in [-0.2, 0) is 30.4 Å². The average molecular weight is 473 g/mol. The summed E-state index contributed by atoms with van der Waals surface area (Å²) in [6, 6.07) is -3.30. The van der Waals surface area contributed by atoms with Crippen LogP contribution < -0.4 is 21.7 Å². The Morgan fingerprint density at radius 2 is 1.75 bits per heavy atom. The number of carbonyl (C=O) groups is 5. The second kappa shape index (κ2) is 14.0. The molecule has 0 saturated heterocycles. The van der Waals surface area contributed by atoms with Crippen molar-refractivity contribution in [1.82, 2.24) is 25.9 Å². The first-order valence-corrected chi connectivity index (χ1v) is 11.1. The van der Waals surface area contributed by atoms with Crippen LogP contribution in [0.1, 0.15) is 25.0 Å². The molecule has 0 radical (unpaired) electrons. The number of nitrogens with zero attached hydrogens (tertiary/aromatic N) is 1. The second-order valence-corrected chi connectivity index (χ2v) is 7.82. The molecule has 0 spiro atoms. The number of aromatic nitrogens is 2. The molecule has 3 atom stereocenters. The summed E-state index contributed by atoms with van der Waals surface area (Å²) < 4.78 is 0. The zero-order chi connectivity index (χ0) is 24.1. The highest BCUT2D eigenvalue weighted by atomic mass is 32.2. The van der Waals surface area contributed by atoms with Crippen LogP contribution in [0.2, 0.25) is 0 Å². The number of thioether (sulfide) groups is 1. The van der Waals surface area contributed by atoms with Crippen LogP contribution in [-0.4, -0.2) is 86.5 Å². The van der Waals surface area contributed by atoms with Gasteiger partial charge in [-0.2, -0.15) is 11.8 Å². The third-order valence-corrected chi connectivity index (χ3v) is 4.92. The Morgan fingerprint density at radius 3 is 2.31 bits per heavy atom. The number of carboxylic acid groups (broad SMARTS) is 2. The highest BCUT2D eigenvalue weighted by molar-refractivity contribution is 7.98. The Morgan fingerprint density at radius 1 is 1.06 bits per heavy atom. The molecule has 3 amide bonds. The molecule has 1 aromatic rings. The number of nitrogens with one attached hydrogen (secondary N) is 4. The molecule has 0 saturated carbocycles. The number of carbonyl (C=O) groups excluding carboxylic acids is 3. The monoisotopic (exact) mass is 472 g/mol. The molecule has 1 aromatic heterocycles. The van der Waals surface area contributed by atoms with E-state index >= 15 is 0 Å². The van der Waals surface area contributed by atoms with Gasteiger partial charge in [-0.1, -0.05) is 0 Å². The van der Waals surface area contributed by atoms with Gasteiger partial charge < -0.3 is 36.9 Å². The van der Waals surface area contributed by atoms with E-state index in [2.05, 4.69) is 25.9 Å². The number of rotatable bonds is 15. The molecule has 0 aliphatic carbocycles. The molecular formula is C18H28N6O7S. The number of aromatic amines is 1. The summed E-state index contributed by atoms with van der Waals surface area (Å²) in [7, 11) is 0. The van der Waals surface area contributed by atoms with Crippen molar-refractivity contribution in [3.8, 4) is 0 Å². The molecule has 3 unspecified atom stereocenters. The molecule has 13 nitrogen and oxygen atoms in total. The lowest BCUT2D eigenvalue weighted by molar-refractivity contribution is -0.140. The van der Waals surface area contributed by atoms with Crippen molar-refractivity contribution in [3.63, 3.8) is 0 Å². The van der Waals surface area contributed by atoms with E-state index in [9.17, 15) is 24.0 Å². The van der Waals surface area contributed by atoms with E-state index in [4.69, 9.17) is 15.9 Å². The zero-order valence-electron chi connectivity index (χ0n) is 17.5. The number of nitrogens with two attached hydrogens (primary N) is 1. The van der Waals surface area contributed by atoms with Gasteiger partial charge in [-0.3, -0.25) is 24.0 Å². The molecule has 8 N–H and O–H groups in total. The summed E-state index contributed by atoms with van der Waals surface area (Å²) in [6.07, 6.45) is 4.41. The predicted molar refractivity (Wildman–Crippen MR) is 115 cm³/mol. The minimum Gasteiger partial charge on any atom is -0.481 e. The van der Waals surface area contributed by atoms with Crippen molar-refractivity contribution in [1.29, 1.82) is 0 Å². The fraction of sp³-hybridized carbons (Fsp3) is 0.556. The quantitative estimate of drug-likeness (QED) is 0.150. The van der Waals surface area contributed by atoms with Gasteiger partial charge in [-0.15, -0.1) is 0 Å². The number of aliphatic carboxylic acids is 2. The highest BCUT2D eigenvalue weighted by Gasteiger charge is 2.29. The number of amides is 3. The average Bonchev–Trinajstić information content (AvgIpc) is 3.25. The molecule has 1 heterocycles. The molecule has 1 rings (SSSR count). The van der Waals surface area contributed by atoms with Crippen LogP contribution in [0.3, 0.4) is 0 Å². The normalized spacial score (nSPS) is 13.4. The summed E-state index contributed by atoms with van der Waals surface area (Å²) in [6.45, 7) is -0.698. The number of H-pyrrole nitrogens is 1. The summed E-state index contributed by atoms with van der Waals surface area (Å²) in [5.41, 5.74) is 6.39. The Labute approximate surface area is 188 Å². The van der Waals surface area contributed by atoms with Gasteiger partial charge >= 0.3 is 11.9 Å². The molecular weight excluding hydrogens is 444 g/mol. The second-order valence-electron chi connectivity index (χ2n) is 6.84. The molecule has 14 heteroatoms. The van der Waals surface area contributed by atoms with Crippen LogP contribution in [0.25, 0.3) is 0 Å². The Hall–Kier alpha value is -3.13. The number of hydrogen-bond donors (Lipinski definition) is 7. The zero-order valence-corrected chi connectivity index (χ0v) is 18.3. The summed E-state index contributed by atoms with van der Waals surface area (Å²) in [4.78, 5) is 65.9. The van der Waals surface area contributed by atoms with E-state index in [1.54, 1.807) is 0 Å². The molecule has 0 aromatic carbocycles. The van der Waals surface area contributed by atoms with Crippen LogP contribution in [0.5, 0.6) is 0 Å². The first-order chi connectivity index (χ1) is 15.1. The third-order valence-electron chi connectivity index (χ3n) is 4.28. The van der Waals surface area contributed by atoms with Crippen molar-refractivity contribution < 1.29 is 34.2 Å².